The summed E-state index contributed by atoms with van der Waals surface area (Å²) < 4.78 is 45.0. The quantitative estimate of drug-likeness (QED) is 0.821. The van der Waals surface area contributed by atoms with Crippen LogP contribution in [-0.2, 0) is 10.9 Å². The molecule has 1 amide bonds. The third kappa shape index (κ3) is 4.61. The number of carbonyl (C=O) groups excluding carboxylic acids is 1. The molecule has 0 bridgehead atoms. The lowest BCUT2D eigenvalue weighted by Crippen LogP contribution is -2.36. The fourth-order valence-corrected chi connectivity index (χ4v) is 3.06. The summed E-state index contributed by atoms with van der Waals surface area (Å²) in [6, 6.07) is 5.39. The van der Waals surface area contributed by atoms with Gasteiger partial charge >= 0.3 is 12.3 Å². The van der Waals surface area contributed by atoms with E-state index in [1.165, 1.54) is 6.20 Å². The van der Waals surface area contributed by atoms with Crippen molar-refractivity contribution in [1.82, 2.24) is 9.88 Å². The standard InChI is InChI=1S/C19H22F3N3O2/c1-18(2,3)27-17(26)25-8-6-13(11-25)24-16-10-12(19(20,21)22)9-15-14(16)5-4-7-23-15/h4-5,7,9-10,13,24H,6,8,11H2,1-3H3/t13-/m0/s1. The van der Waals surface area contributed by atoms with E-state index in [9.17, 15) is 18.0 Å². The number of halogens is 3. The number of hydrogen-bond acceptors (Lipinski definition) is 4. The zero-order valence-corrected chi connectivity index (χ0v) is 15.4. The van der Waals surface area contributed by atoms with Crippen molar-refractivity contribution in [2.75, 3.05) is 18.4 Å². The highest BCUT2D eigenvalue weighted by Gasteiger charge is 2.33. The predicted octanol–water partition coefficient (Wildman–Crippen LogP) is 4.67. The summed E-state index contributed by atoms with van der Waals surface area (Å²) in [7, 11) is 0. The Morgan fingerprint density at radius 1 is 1.30 bits per heavy atom. The average Bonchev–Trinajstić information content (AvgIpc) is 3.01. The normalized spacial score (nSPS) is 18.0. The van der Waals surface area contributed by atoms with E-state index >= 15 is 0 Å². The van der Waals surface area contributed by atoms with Crippen LogP contribution in [0.15, 0.2) is 30.5 Å². The van der Waals surface area contributed by atoms with E-state index in [4.69, 9.17) is 4.74 Å². The number of nitrogens with zero attached hydrogens (tertiary/aromatic N) is 2. The van der Waals surface area contributed by atoms with Crippen molar-refractivity contribution in [2.45, 2.75) is 45.0 Å². The Balaban J connectivity index is 1.80. The summed E-state index contributed by atoms with van der Waals surface area (Å²) in [5.74, 6) is 0. The number of amides is 1. The minimum absolute atomic E-state index is 0.163. The van der Waals surface area contributed by atoms with Gasteiger partial charge < -0.3 is 15.0 Å². The van der Waals surface area contributed by atoms with E-state index in [0.29, 0.717) is 30.6 Å². The van der Waals surface area contributed by atoms with Gasteiger partial charge in [-0.2, -0.15) is 13.2 Å². The zero-order valence-electron chi connectivity index (χ0n) is 15.4. The molecule has 1 aromatic heterocycles. The maximum atomic E-state index is 13.2. The molecular formula is C19H22F3N3O2. The van der Waals surface area contributed by atoms with Gasteiger partial charge in [0.25, 0.3) is 0 Å². The van der Waals surface area contributed by atoms with Gasteiger partial charge in [0.15, 0.2) is 0 Å². The van der Waals surface area contributed by atoms with Crippen molar-refractivity contribution in [3.05, 3.63) is 36.0 Å². The van der Waals surface area contributed by atoms with Gasteiger partial charge in [-0.25, -0.2) is 4.79 Å². The molecule has 27 heavy (non-hydrogen) atoms. The minimum Gasteiger partial charge on any atom is -0.444 e. The van der Waals surface area contributed by atoms with Crippen molar-refractivity contribution in [3.8, 4) is 0 Å². The summed E-state index contributed by atoms with van der Waals surface area (Å²) in [6.45, 7) is 6.23. The van der Waals surface area contributed by atoms with E-state index < -0.39 is 23.4 Å². The first kappa shape index (κ1) is 19.3. The van der Waals surface area contributed by atoms with E-state index in [1.807, 2.05) is 0 Å². The number of benzene rings is 1. The van der Waals surface area contributed by atoms with Gasteiger partial charge in [-0.3, -0.25) is 4.98 Å². The van der Waals surface area contributed by atoms with E-state index in [-0.39, 0.29) is 11.6 Å². The Morgan fingerprint density at radius 3 is 2.70 bits per heavy atom. The van der Waals surface area contributed by atoms with E-state index in [0.717, 1.165) is 12.1 Å². The van der Waals surface area contributed by atoms with Crippen molar-refractivity contribution < 1.29 is 22.7 Å². The van der Waals surface area contributed by atoms with Gasteiger partial charge in [0.2, 0.25) is 0 Å². The Kier molecular flexibility index (Phi) is 4.92. The average molecular weight is 381 g/mol. The number of rotatable bonds is 2. The van der Waals surface area contributed by atoms with Crippen LogP contribution in [0.3, 0.4) is 0 Å². The predicted molar refractivity (Wildman–Crippen MR) is 96.6 cm³/mol. The second-order valence-corrected chi connectivity index (χ2v) is 7.65. The molecule has 0 saturated carbocycles. The van der Waals surface area contributed by atoms with Crippen LogP contribution in [0.4, 0.5) is 23.7 Å². The molecule has 3 rings (SSSR count). The lowest BCUT2D eigenvalue weighted by molar-refractivity contribution is -0.137. The summed E-state index contributed by atoms with van der Waals surface area (Å²) >= 11 is 0. The third-order valence-electron chi connectivity index (χ3n) is 4.25. The number of ether oxygens (including phenoxy) is 1. The molecule has 2 heterocycles. The van der Waals surface area contributed by atoms with Crippen LogP contribution in [0.1, 0.15) is 32.8 Å². The van der Waals surface area contributed by atoms with Crippen LogP contribution in [0.5, 0.6) is 0 Å². The third-order valence-corrected chi connectivity index (χ3v) is 4.25. The van der Waals surface area contributed by atoms with Crippen LogP contribution in [0, 0.1) is 0 Å². The largest absolute Gasteiger partial charge is 0.444 e. The molecule has 1 N–H and O–H groups in total. The summed E-state index contributed by atoms with van der Waals surface area (Å²) in [5, 5.41) is 3.77. The zero-order chi connectivity index (χ0) is 19.8. The topological polar surface area (TPSA) is 54.5 Å². The second-order valence-electron chi connectivity index (χ2n) is 7.65. The molecule has 146 valence electrons. The number of aromatic nitrogens is 1. The molecule has 0 unspecified atom stereocenters. The maximum Gasteiger partial charge on any atom is 0.416 e. The molecule has 8 heteroatoms. The van der Waals surface area contributed by atoms with Gasteiger partial charge in [0.1, 0.15) is 5.60 Å². The molecule has 1 aliphatic heterocycles. The Hall–Kier alpha value is -2.51. The molecular weight excluding hydrogens is 359 g/mol. The lowest BCUT2D eigenvalue weighted by Gasteiger charge is -2.24. The summed E-state index contributed by atoms with van der Waals surface area (Å²) in [5.41, 5.74) is -0.704. The van der Waals surface area contributed by atoms with E-state index in [1.54, 1.807) is 37.8 Å². The van der Waals surface area contributed by atoms with Crippen molar-refractivity contribution in [2.24, 2.45) is 0 Å². The molecule has 1 atom stereocenters. The van der Waals surface area contributed by atoms with Gasteiger partial charge in [0, 0.05) is 36.4 Å². The van der Waals surface area contributed by atoms with Crippen LogP contribution in [0.2, 0.25) is 0 Å². The number of likely N-dealkylation sites (tertiary alicyclic amines) is 1. The number of carbonyl (C=O) groups is 1. The van der Waals surface area contributed by atoms with E-state index in [2.05, 4.69) is 10.3 Å². The molecule has 2 aromatic rings. The van der Waals surface area contributed by atoms with Crippen LogP contribution < -0.4 is 5.32 Å². The monoisotopic (exact) mass is 381 g/mol. The Bertz CT molecular complexity index is 846. The van der Waals surface area contributed by atoms with Gasteiger partial charge in [-0.1, -0.05) is 0 Å². The molecule has 1 aromatic carbocycles. The first-order valence-electron chi connectivity index (χ1n) is 8.73. The number of pyridine rings is 1. The number of nitrogens with one attached hydrogen (secondary N) is 1. The van der Waals surface area contributed by atoms with Gasteiger partial charge in [0.05, 0.1) is 11.1 Å². The Labute approximate surface area is 155 Å². The molecule has 1 aliphatic rings. The summed E-state index contributed by atoms with van der Waals surface area (Å²) in [6.07, 6.45) is -2.79. The highest BCUT2D eigenvalue weighted by Crippen LogP contribution is 2.35. The minimum atomic E-state index is -4.46. The first-order chi connectivity index (χ1) is 12.5. The Morgan fingerprint density at radius 2 is 2.04 bits per heavy atom. The molecule has 1 saturated heterocycles. The van der Waals surface area contributed by atoms with Gasteiger partial charge in [-0.15, -0.1) is 0 Å². The fraction of sp³-hybridized carbons (Fsp3) is 0.474. The van der Waals surface area contributed by atoms with Crippen LogP contribution in [0.25, 0.3) is 10.9 Å². The number of fused-ring (bicyclic) bond motifs is 1. The van der Waals surface area contributed by atoms with Gasteiger partial charge in [-0.05, 0) is 51.5 Å². The molecule has 1 fully saturated rings. The smallest absolute Gasteiger partial charge is 0.416 e. The molecule has 0 spiro atoms. The molecule has 0 aliphatic carbocycles. The van der Waals surface area contributed by atoms with Crippen molar-refractivity contribution in [3.63, 3.8) is 0 Å². The lowest BCUT2D eigenvalue weighted by atomic mass is 10.1. The number of anilines is 1. The van der Waals surface area contributed by atoms with Crippen LogP contribution >= 0.6 is 0 Å². The molecule has 5 nitrogen and oxygen atoms in total. The SMILES string of the molecule is CC(C)(C)OC(=O)N1CC[C@H](Nc2cc(C(F)(F)F)cc3ncccc23)C1. The maximum absolute atomic E-state index is 13.2. The number of hydrogen-bond donors (Lipinski definition) is 1. The number of alkyl halides is 3. The second kappa shape index (κ2) is 6.90. The highest BCUT2D eigenvalue weighted by atomic mass is 19.4. The fourth-order valence-electron chi connectivity index (χ4n) is 3.06. The first-order valence-corrected chi connectivity index (χ1v) is 8.73. The molecule has 0 radical (unpaired) electrons. The van der Waals surface area contributed by atoms with Crippen molar-refractivity contribution >= 4 is 22.7 Å². The highest BCUT2D eigenvalue weighted by molar-refractivity contribution is 5.92. The van der Waals surface area contributed by atoms with Crippen LogP contribution in [-0.4, -0.2) is 40.7 Å². The van der Waals surface area contributed by atoms with Crippen molar-refractivity contribution in [1.29, 1.82) is 0 Å². The summed E-state index contributed by atoms with van der Waals surface area (Å²) in [4.78, 5) is 17.8.